The molecule has 1 aliphatic heterocycles. The van der Waals surface area contributed by atoms with Crippen molar-refractivity contribution in [2.45, 2.75) is 26.8 Å². The van der Waals surface area contributed by atoms with Crippen LogP contribution in [0.1, 0.15) is 28.9 Å². The minimum atomic E-state index is 0.985. The monoisotopic (exact) mass is 317 g/mol. The molecule has 1 aromatic heterocycles. The van der Waals surface area contributed by atoms with Gasteiger partial charge in [0.05, 0.1) is 0 Å². The van der Waals surface area contributed by atoms with Gasteiger partial charge in [-0.2, -0.15) is 0 Å². The van der Waals surface area contributed by atoms with Crippen LogP contribution in [0.4, 0.5) is 0 Å². The highest BCUT2D eigenvalue weighted by Gasteiger charge is 2.16. The second-order valence-electron chi connectivity index (χ2n) is 6.79. The summed E-state index contributed by atoms with van der Waals surface area (Å²) >= 11 is 0. The van der Waals surface area contributed by atoms with Crippen molar-refractivity contribution < 1.29 is 4.42 Å². The second-order valence-corrected chi connectivity index (χ2v) is 6.79. The van der Waals surface area contributed by atoms with Gasteiger partial charge >= 0.3 is 0 Å². The van der Waals surface area contributed by atoms with Gasteiger partial charge in [-0.15, -0.1) is 0 Å². The van der Waals surface area contributed by atoms with Crippen LogP contribution in [0.2, 0.25) is 0 Å². The van der Waals surface area contributed by atoms with Crippen molar-refractivity contribution in [1.29, 1.82) is 0 Å². The fourth-order valence-electron chi connectivity index (χ4n) is 3.38. The molecule has 2 aromatic carbocycles. The van der Waals surface area contributed by atoms with E-state index in [2.05, 4.69) is 73.4 Å². The van der Waals surface area contributed by atoms with Crippen LogP contribution in [0.5, 0.6) is 0 Å². The maximum atomic E-state index is 6.11. The molecule has 0 spiro atoms. The Bertz CT molecular complexity index is 850. The molecule has 122 valence electrons. The van der Waals surface area contributed by atoms with E-state index in [1.165, 1.54) is 27.6 Å². The molecule has 4 rings (SSSR count). The number of benzene rings is 2. The van der Waals surface area contributed by atoms with E-state index in [4.69, 9.17) is 4.42 Å². The van der Waals surface area contributed by atoms with E-state index in [1.54, 1.807) is 0 Å². The van der Waals surface area contributed by atoms with E-state index in [9.17, 15) is 0 Å². The number of aryl methyl sites for hydroxylation is 2. The van der Waals surface area contributed by atoms with Crippen molar-refractivity contribution in [3.05, 3.63) is 77.1 Å². The number of furan rings is 1. The summed E-state index contributed by atoms with van der Waals surface area (Å²) in [5, 5.41) is 1.21. The van der Waals surface area contributed by atoms with E-state index in [0.29, 0.717) is 0 Å². The summed E-state index contributed by atoms with van der Waals surface area (Å²) in [6, 6.07) is 17.3. The average molecular weight is 317 g/mol. The molecule has 2 nitrogen and oxygen atoms in total. The molecule has 2 heteroatoms. The predicted octanol–water partition coefficient (Wildman–Crippen LogP) is 5.34. The normalized spacial score (nSPS) is 15.7. The molecule has 1 aliphatic rings. The molecule has 0 saturated carbocycles. The Morgan fingerprint density at radius 3 is 2.54 bits per heavy atom. The third-order valence-electron chi connectivity index (χ3n) is 4.99. The Hall–Kier alpha value is -2.32. The van der Waals surface area contributed by atoms with Crippen LogP contribution >= 0.6 is 0 Å². The van der Waals surface area contributed by atoms with E-state index in [-0.39, 0.29) is 0 Å². The molecule has 24 heavy (non-hydrogen) atoms. The first-order valence-corrected chi connectivity index (χ1v) is 8.65. The van der Waals surface area contributed by atoms with Gasteiger partial charge in [-0.3, -0.25) is 4.90 Å². The summed E-state index contributed by atoms with van der Waals surface area (Å²) in [7, 11) is 0. The molecule has 0 fully saturated rings. The number of hydrogen-bond acceptors (Lipinski definition) is 2. The zero-order valence-electron chi connectivity index (χ0n) is 14.4. The number of nitrogens with zero attached hydrogens (tertiary/aromatic N) is 1. The second kappa shape index (κ2) is 6.29. The Balaban J connectivity index is 1.52. The molecule has 0 atom stereocenters. The molecule has 0 unspecified atom stereocenters. The van der Waals surface area contributed by atoms with Crippen molar-refractivity contribution in [1.82, 2.24) is 4.90 Å². The third-order valence-corrected chi connectivity index (χ3v) is 4.99. The summed E-state index contributed by atoms with van der Waals surface area (Å²) in [5.74, 6) is 1.04. The lowest BCUT2D eigenvalue weighted by Gasteiger charge is -2.25. The van der Waals surface area contributed by atoms with E-state index in [1.807, 2.05) is 0 Å². The first kappa shape index (κ1) is 15.2. The summed E-state index contributed by atoms with van der Waals surface area (Å²) < 4.78 is 6.11. The van der Waals surface area contributed by atoms with Gasteiger partial charge in [0.2, 0.25) is 0 Å². The number of hydrogen-bond donors (Lipinski definition) is 0. The minimum Gasteiger partial charge on any atom is -0.456 e. The summed E-state index contributed by atoms with van der Waals surface area (Å²) in [5.41, 5.74) is 6.33. The lowest BCUT2D eigenvalue weighted by Crippen LogP contribution is -2.27. The first-order valence-electron chi connectivity index (χ1n) is 8.65. The first-order chi connectivity index (χ1) is 11.7. The van der Waals surface area contributed by atoms with Gasteiger partial charge in [0.25, 0.3) is 0 Å². The van der Waals surface area contributed by atoms with Gasteiger partial charge in [0.15, 0.2) is 0 Å². The minimum absolute atomic E-state index is 0.985. The molecule has 0 amide bonds. The third kappa shape index (κ3) is 3.02. The molecule has 0 aliphatic carbocycles. The molecule has 2 heterocycles. The average Bonchev–Trinajstić information content (AvgIpc) is 2.99. The van der Waals surface area contributed by atoms with Gasteiger partial charge in [-0.05, 0) is 60.7 Å². The van der Waals surface area contributed by atoms with Crippen molar-refractivity contribution in [2.24, 2.45) is 0 Å². The highest BCUT2D eigenvalue weighted by atomic mass is 16.3. The Morgan fingerprint density at radius 1 is 1.00 bits per heavy atom. The fraction of sp³-hybridized carbons (Fsp3) is 0.273. The van der Waals surface area contributed by atoms with Crippen molar-refractivity contribution >= 4 is 16.5 Å². The van der Waals surface area contributed by atoms with Crippen LogP contribution in [0.25, 0.3) is 16.5 Å². The van der Waals surface area contributed by atoms with Gasteiger partial charge in [0.1, 0.15) is 11.3 Å². The summed E-state index contributed by atoms with van der Waals surface area (Å²) in [4.78, 5) is 2.48. The fourth-order valence-corrected chi connectivity index (χ4v) is 3.38. The molecule has 3 aromatic rings. The zero-order chi connectivity index (χ0) is 16.5. The summed E-state index contributed by atoms with van der Waals surface area (Å²) in [6.45, 7) is 7.37. The number of fused-ring (bicyclic) bond motifs is 1. The van der Waals surface area contributed by atoms with Crippen LogP contribution in [-0.2, 0) is 6.54 Å². The molecule has 0 saturated heterocycles. The lowest BCUT2D eigenvalue weighted by molar-refractivity contribution is 0.293. The van der Waals surface area contributed by atoms with E-state index in [0.717, 1.165) is 37.4 Å². The maximum absolute atomic E-state index is 6.11. The smallest absolute Gasteiger partial charge is 0.135 e. The highest BCUT2D eigenvalue weighted by Crippen LogP contribution is 2.30. The van der Waals surface area contributed by atoms with E-state index >= 15 is 0 Å². The molecular formula is C22H23NO. The van der Waals surface area contributed by atoms with Crippen LogP contribution in [0.3, 0.4) is 0 Å². The summed E-state index contributed by atoms with van der Waals surface area (Å²) in [6.07, 6.45) is 3.37. The molecule has 0 radical (unpaired) electrons. The standard InChI is InChI=1S/C22H23NO/c1-16-12-20-14-22(24-21(20)13-17(16)2)19-8-10-23(11-9-19)15-18-6-4-3-5-7-18/h3-8,12-14H,9-11,15H2,1-2H3. The van der Waals surface area contributed by atoms with E-state index < -0.39 is 0 Å². The van der Waals surface area contributed by atoms with Crippen LogP contribution in [-0.4, -0.2) is 18.0 Å². The van der Waals surface area contributed by atoms with Gasteiger partial charge in [-0.25, -0.2) is 0 Å². The predicted molar refractivity (Wildman–Crippen MR) is 100 cm³/mol. The topological polar surface area (TPSA) is 16.4 Å². The van der Waals surface area contributed by atoms with Gasteiger partial charge in [-0.1, -0.05) is 36.4 Å². The Kier molecular flexibility index (Phi) is 3.99. The van der Waals surface area contributed by atoms with Crippen molar-refractivity contribution in [3.63, 3.8) is 0 Å². The Labute approximate surface area is 143 Å². The van der Waals surface area contributed by atoms with Gasteiger partial charge in [0, 0.05) is 25.0 Å². The van der Waals surface area contributed by atoms with Gasteiger partial charge < -0.3 is 4.42 Å². The highest BCUT2D eigenvalue weighted by molar-refractivity contribution is 5.83. The molecule has 0 bridgehead atoms. The number of rotatable bonds is 3. The maximum Gasteiger partial charge on any atom is 0.135 e. The lowest BCUT2D eigenvalue weighted by atomic mass is 10.0. The van der Waals surface area contributed by atoms with Crippen molar-refractivity contribution in [3.8, 4) is 0 Å². The largest absolute Gasteiger partial charge is 0.456 e. The quantitative estimate of drug-likeness (QED) is 0.648. The van der Waals surface area contributed by atoms with Crippen LogP contribution in [0, 0.1) is 13.8 Å². The SMILES string of the molecule is Cc1cc2cc(C3=CCN(Cc4ccccc4)CC3)oc2cc1C. The van der Waals surface area contributed by atoms with Crippen molar-refractivity contribution in [2.75, 3.05) is 13.1 Å². The molecule has 0 N–H and O–H groups in total. The zero-order valence-corrected chi connectivity index (χ0v) is 14.4. The molecular weight excluding hydrogens is 294 g/mol. The Morgan fingerprint density at radius 2 is 1.79 bits per heavy atom. The van der Waals surface area contributed by atoms with Crippen LogP contribution < -0.4 is 0 Å². The van der Waals surface area contributed by atoms with Crippen LogP contribution in [0.15, 0.2) is 59.0 Å².